The molecule has 3 aromatic rings. The van der Waals surface area contributed by atoms with Gasteiger partial charge in [0.2, 0.25) is 5.95 Å². The Bertz CT molecular complexity index is 1020. The summed E-state index contributed by atoms with van der Waals surface area (Å²) in [6, 6.07) is 9.11. The number of anilines is 1. The SMILES string of the molecule is Cn1c(=O)[nH]c(=O)c2c1nc(NCCN)n2C[C@@H](O)COc1ccccc1. The zero-order chi connectivity index (χ0) is 19.4. The molecule has 1 aromatic carbocycles. The van der Waals surface area contributed by atoms with Gasteiger partial charge in [-0.05, 0) is 12.1 Å². The van der Waals surface area contributed by atoms with E-state index in [0.29, 0.717) is 24.8 Å². The average molecular weight is 374 g/mol. The predicted molar refractivity (Wildman–Crippen MR) is 101 cm³/mol. The molecule has 0 unspecified atom stereocenters. The van der Waals surface area contributed by atoms with Crippen LogP contribution in [0.15, 0.2) is 39.9 Å². The Balaban J connectivity index is 1.90. The molecule has 5 N–H and O–H groups in total. The normalized spacial score (nSPS) is 12.3. The number of benzene rings is 1. The van der Waals surface area contributed by atoms with E-state index in [-0.39, 0.29) is 24.3 Å². The molecule has 144 valence electrons. The Labute approximate surface area is 154 Å². The number of aryl methyl sites for hydroxylation is 1. The van der Waals surface area contributed by atoms with Crippen LogP contribution >= 0.6 is 0 Å². The Morgan fingerprint density at radius 2 is 2.07 bits per heavy atom. The van der Waals surface area contributed by atoms with Crippen LogP contribution in [0.2, 0.25) is 0 Å². The number of nitrogens with zero attached hydrogens (tertiary/aromatic N) is 3. The summed E-state index contributed by atoms with van der Waals surface area (Å²) in [7, 11) is 1.51. The smallest absolute Gasteiger partial charge is 0.329 e. The fourth-order valence-electron chi connectivity index (χ4n) is 2.70. The Kier molecular flexibility index (Phi) is 5.57. The Hall–Kier alpha value is -3.11. The van der Waals surface area contributed by atoms with Gasteiger partial charge in [-0.1, -0.05) is 18.2 Å². The number of ether oxygens (including phenoxy) is 1. The van der Waals surface area contributed by atoms with Crippen molar-refractivity contribution < 1.29 is 9.84 Å². The van der Waals surface area contributed by atoms with Crippen LogP contribution in [0.25, 0.3) is 11.2 Å². The molecule has 0 fully saturated rings. The Morgan fingerprint density at radius 3 is 2.78 bits per heavy atom. The van der Waals surface area contributed by atoms with Gasteiger partial charge < -0.3 is 25.5 Å². The maximum atomic E-state index is 12.3. The molecule has 1 atom stereocenters. The number of hydrogen-bond acceptors (Lipinski definition) is 7. The Morgan fingerprint density at radius 1 is 1.33 bits per heavy atom. The molecule has 0 aliphatic carbocycles. The average Bonchev–Trinajstić information content (AvgIpc) is 3.02. The number of rotatable bonds is 8. The molecule has 10 nitrogen and oxygen atoms in total. The zero-order valence-corrected chi connectivity index (χ0v) is 14.9. The summed E-state index contributed by atoms with van der Waals surface area (Å²) in [5, 5.41) is 13.4. The number of nitrogens with two attached hydrogens (primary N) is 1. The van der Waals surface area contributed by atoms with Crippen molar-refractivity contribution in [3.8, 4) is 5.75 Å². The van der Waals surface area contributed by atoms with Crippen LogP contribution in [0.1, 0.15) is 0 Å². The maximum Gasteiger partial charge on any atom is 0.329 e. The molecule has 0 radical (unpaired) electrons. The van der Waals surface area contributed by atoms with E-state index in [2.05, 4.69) is 15.3 Å². The second-order valence-corrected chi connectivity index (χ2v) is 6.03. The van der Waals surface area contributed by atoms with E-state index in [4.69, 9.17) is 10.5 Å². The van der Waals surface area contributed by atoms with Gasteiger partial charge >= 0.3 is 5.69 Å². The van der Waals surface area contributed by atoms with E-state index in [1.807, 2.05) is 18.2 Å². The van der Waals surface area contributed by atoms with Gasteiger partial charge in [0.15, 0.2) is 11.2 Å². The fraction of sp³-hybridized carbons (Fsp3) is 0.353. The summed E-state index contributed by atoms with van der Waals surface area (Å²) in [6.45, 7) is 0.866. The molecule has 2 aromatic heterocycles. The first-order chi connectivity index (χ1) is 13.0. The first-order valence-electron chi connectivity index (χ1n) is 8.50. The molecule has 2 heterocycles. The van der Waals surface area contributed by atoms with Crippen LogP contribution < -0.4 is 27.0 Å². The highest BCUT2D eigenvalue weighted by atomic mass is 16.5. The van der Waals surface area contributed by atoms with Crippen LogP contribution in [0, 0.1) is 0 Å². The minimum atomic E-state index is -0.905. The predicted octanol–water partition coefficient (Wildman–Crippen LogP) is -0.766. The van der Waals surface area contributed by atoms with Crippen molar-refractivity contribution in [3.63, 3.8) is 0 Å². The van der Waals surface area contributed by atoms with Crippen molar-refractivity contribution in [2.75, 3.05) is 25.0 Å². The van der Waals surface area contributed by atoms with E-state index in [1.54, 1.807) is 12.1 Å². The molecule has 10 heteroatoms. The largest absolute Gasteiger partial charge is 0.491 e. The number of fused-ring (bicyclic) bond motifs is 1. The molecule has 0 aliphatic heterocycles. The molecule has 0 saturated carbocycles. The molecule has 27 heavy (non-hydrogen) atoms. The van der Waals surface area contributed by atoms with E-state index in [0.717, 1.165) is 0 Å². The van der Waals surface area contributed by atoms with Crippen LogP contribution in [-0.2, 0) is 13.6 Å². The first-order valence-corrected chi connectivity index (χ1v) is 8.50. The van der Waals surface area contributed by atoms with Gasteiger partial charge in [-0.3, -0.25) is 14.3 Å². The molecule has 0 spiro atoms. The highest BCUT2D eigenvalue weighted by Gasteiger charge is 2.19. The molecule has 0 bridgehead atoms. The van der Waals surface area contributed by atoms with Crippen molar-refractivity contribution in [1.29, 1.82) is 0 Å². The standard InChI is InChI=1S/C17H22N6O4/c1-22-14-13(15(25)21-17(22)26)23(16(20-14)19-8-7-18)9-11(24)10-27-12-5-3-2-4-6-12/h2-6,11,24H,7-10,18H2,1H3,(H,19,20)(H,21,25,26)/t11-/m1/s1. The second-order valence-electron chi connectivity index (χ2n) is 6.03. The van der Waals surface area contributed by atoms with Crippen molar-refractivity contribution >= 4 is 17.1 Å². The van der Waals surface area contributed by atoms with Gasteiger partial charge in [0.1, 0.15) is 18.5 Å². The summed E-state index contributed by atoms with van der Waals surface area (Å²) in [5.41, 5.74) is 4.81. The number of hydrogen-bond donors (Lipinski definition) is 4. The number of aromatic amines is 1. The summed E-state index contributed by atoms with van der Waals surface area (Å²) >= 11 is 0. The molecule has 0 aliphatic rings. The van der Waals surface area contributed by atoms with E-state index >= 15 is 0 Å². The number of para-hydroxylation sites is 1. The van der Waals surface area contributed by atoms with Gasteiger partial charge in [0.05, 0.1) is 6.54 Å². The number of nitrogens with one attached hydrogen (secondary N) is 2. The lowest BCUT2D eigenvalue weighted by atomic mass is 10.3. The molecular formula is C17H22N6O4. The summed E-state index contributed by atoms with van der Waals surface area (Å²) in [5.74, 6) is 0.981. The quantitative estimate of drug-likeness (QED) is 0.406. The van der Waals surface area contributed by atoms with E-state index < -0.39 is 17.4 Å². The van der Waals surface area contributed by atoms with Crippen molar-refractivity contribution in [3.05, 3.63) is 51.2 Å². The number of H-pyrrole nitrogens is 1. The lowest BCUT2D eigenvalue weighted by Crippen LogP contribution is -2.31. The van der Waals surface area contributed by atoms with Gasteiger partial charge in [0, 0.05) is 20.1 Å². The van der Waals surface area contributed by atoms with Crippen molar-refractivity contribution in [1.82, 2.24) is 19.1 Å². The minimum absolute atomic E-state index is 0.0314. The lowest BCUT2D eigenvalue weighted by Gasteiger charge is -2.15. The van der Waals surface area contributed by atoms with Crippen LogP contribution in [0.5, 0.6) is 5.75 Å². The lowest BCUT2D eigenvalue weighted by molar-refractivity contribution is 0.0938. The second kappa shape index (κ2) is 8.06. The molecule has 3 rings (SSSR count). The molecule has 0 amide bonds. The molecule has 0 saturated heterocycles. The van der Waals surface area contributed by atoms with Crippen LogP contribution in [0.3, 0.4) is 0 Å². The first kappa shape index (κ1) is 18.7. The summed E-state index contributed by atoms with van der Waals surface area (Å²) < 4.78 is 8.33. The van der Waals surface area contributed by atoms with Crippen molar-refractivity contribution in [2.45, 2.75) is 12.6 Å². The van der Waals surface area contributed by atoms with E-state index in [1.165, 1.54) is 16.2 Å². The topological polar surface area (TPSA) is 140 Å². The highest BCUT2D eigenvalue weighted by molar-refractivity contribution is 5.74. The summed E-state index contributed by atoms with van der Waals surface area (Å²) in [6.07, 6.45) is -0.905. The third-order valence-electron chi connectivity index (χ3n) is 4.01. The number of aliphatic hydroxyl groups is 1. The van der Waals surface area contributed by atoms with Crippen LogP contribution in [-0.4, -0.2) is 50.0 Å². The van der Waals surface area contributed by atoms with Gasteiger partial charge in [0.25, 0.3) is 5.56 Å². The van der Waals surface area contributed by atoms with Gasteiger partial charge in [-0.15, -0.1) is 0 Å². The number of aromatic nitrogens is 4. The van der Waals surface area contributed by atoms with Crippen molar-refractivity contribution in [2.24, 2.45) is 12.8 Å². The number of aliphatic hydroxyl groups excluding tert-OH is 1. The van der Waals surface area contributed by atoms with E-state index in [9.17, 15) is 14.7 Å². The minimum Gasteiger partial charge on any atom is -0.491 e. The molecular weight excluding hydrogens is 352 g/mol. The van der Waals surface area contributed by atoms with Crippen LogP contribution in [0.4, 0.5) is 5.95 Å². The van der Waals surface area contributed by atoms with Gasteiger partial charge in [-0.2, -0.15) is 4.98 Å². The summed E-state index contributed by atoms with van der Waals surface area (Å²) in [4.78, 5) is 30.7. The fourth-order valence-corrected chi connectivity index (χ4v) is 2.70. The van der Waals surface area contributed by atoms with Gasteiger partial charge in [-0.25, -0.2) is 4.79 Å². The number of imidazole rings is 1. The maximum absolute atomic E-state index is 12.3. The third-order valence-corrected chi connectivity index (χ3v) is 4.01. The monoisotopic (exact) mass is 374 g/mol. The highest BCUT2D eigenvalue weighted by Crippen LogP contribution is 2.16. The zero-order valence-electron chi connectivity index (χ0n) is 14.9. The third kappa shape index (κ3) is 4.01.